The van der Waals surface area contributed by atoms with Gasteiger partial charge in [0, 0.05) is 47.5 Å². The summed E-state index contributed by atoms with van der Waals surface area (Å²) in [5, 5.41) is 4.99. The van der Waals surface area contributed by atoms with E-state index in [0.717, 1.165) is 26.1 Å². The van der Waals surface area contributed by atoms with Crippen LogP contribution in [-0.4, -0.2) is 17.3 Å². The average Bonchev–Trinajstić information content (AvgIpc) is 2.69. The molecular weight excluding hydrogens is 270 g/mol. The van der Waals surface area contributed by atoms with Gasteiger partial charge in [-0.3, -0.25) is 4.99 Å². The summed E-state index contributed by atoms with van der Waals surface area (Å²) in [6, 6.07) is 8.85. The number of nitrogens with zero attached hydrogens (tertiary/aromatic N) is 2. The Morgan fingerprint density at radius 1 is 1.32 bits per heavy atom. The highest BCUT2D eigenvalue weighted by Gasteiger charge is 2.27. The molecule has 0 saturated carbocycles. The summed E-state index contributed by atoms with van der Waals surface area (Å²) in [5.41, 5.74) is 4.51. The first-order valence-corrected chi connectivity index (χ1v) is 8.26. The van der Waals surface area contributed by atoms with Crippen molar-refractivity contribution >= 4 is 17.1 Å². The van der Waals surface area contributed by atoms with E-state index in [9.17, 15) is 0 Å². The van der Waals surface area contributed by atoms with Crippen molar-refractivity contribution in [2.45, 2.75) is 39.3 Å². The summed E-state index contributed by atoms with van der Waals surface area (Å²) < 4.78 is 2.56. The number of aromatic nitrogens is 1. The Bertz CT molecular complexity index is 753. The molecule has 1 atom stereocenters. The van der Waals surface area contributed by atoms with E-state index in [1.54, 1.807) is 0 Å². The molecule has 0 amide bonds. The molecule has 0 aliphatic carbocycles. The number of rotatable bonds is 2. The maximum absolute atomic E-state index is 4.39. The molecule has 0 saturated heterocycles. The zero-order chi connectivity index (χ0) is 15.0. The van der Waals surface area contributed by atoms with Crippen LogP contribution >= 0.6 is 0 Å². The molecule has 2 aliphatic rings. The molecule has 22 heavy (non-hydrogen) atoms. The lowest BCUT2D eigenvalue weighted by Gasteiger charge is -2.27. The van der Waals surface area contributed by atoms with Gasteiger partial charge >= 0.3 is 0 Å². The monoisotopic (exact) mass is 293 g/mol. The molecule has 0 bridgehead atoms. The van der Waals surface area contributed by atoms with E-state index < -0.39 is 0 Å². The van der Waals surface area contributed by atoms with Gasteiger partial charge in [-0.05, 0) is 37.4 Å². The van der Waals surface area contributed by atoms with E-state index in [-0.39, 0.29) is 5.41 Å². The molecule has 1 aromatic carbocycles. The summed E-state index contributed by atoms with van der Waals surface area (Å²) in [6.07, 6.45) is 9.68. The Morgan fingerprint density at radius 2 is 2.23 bits per heavy atom. The van der Waals surface area contributed by atoms with Gasteiger partial charge in [-0.15, -0.1) is 0 Å². The van der Waals surface area contributed by atoms with E-state index in [1.165, 1.54) is 35.0 Å². The number of aliphatic imine (C=N–C) groups is 1. The van der Waals surface area contributed by atoms with Gasteiger partial charge in [0.05, 0.1) is 0 Å². The number of para-hydroxylation sites is 1. The lowest BCUT2D eigenvalue weighted by molar-refractivity contribution is 0.400. The third kappa shape index (κ3) is 2.30. The molecule has 2 aromatic rings. The summed E-state index contributed by atoms with van der Waals surface area (Å²) in [4.78, 5) is 4.39. The second kappa shape index (κ2) is 5.40. The fourth-order valence-corrected chi connectivity index (χ4v) is 3.81. The minimum atomic E-state index is 0.115. The van der Waals surface area contributed by atoms with Crippen molar-refractivity contribution in [2.24, 2.45) is 10.4 Å². The molecule has 1 unspecified atom stereocenters. The molecule has 0 fully saturated rings. The highest BCUT2D eigenvalue weighted by atomic mass is 15.0. The predicted molar refractivity (Wildman–Crippen MR) is 92.3 cm³/mol. The van der Waals surface area contributed by atoms with Crippen molar-refractivity contribution < 1.29 is 0 Å². The summed E-state index contributed by atoms with van der Waals surface area (Å²) in [6.45, 7) is 5.44. The summed E-state index contributed by atoms with van der Waals surface area (Å²) in [7, 11) is 0. The highest BCUT2D eigenvalue weighted by molar-refractivity contribution is 5.86. The van der Waals surface area contributed by atoms with Gasteiger partial charge < -0.3 is 9.88 Å². The first kappa shape index (κ1) is 13.8. The standard InChI is InChI=1S/C19H23N3/c1-19(9-5-11-21-13-19)14-22-17-7-3-2-6-15(17)16-12-20-10-4-8-18(16)22/h2-3,5-7,11,13,20H,4,8-10,12,14H2,1H3. The quantitative estimate of drug-likeness (QED) is 0.899. The molecule has 0 radical (unpaired) electrons. The molecule has 2 aliphatic heterocycles. The third-order valence-corrected chi connectivity index (χ3v) is 4.94. The van der Waals surface area contributed by atoms with Crippen LogP contribution in [0.5, 0.6) is 0 Å². The van der Waals surface area contributed by atoms with E-state index in [2.05, 4.69) is 58.4 Å². The predicted octanol–water partition coefficient (Wildman–Crippen LogP) is 3.67. The van der Waals surface area contributed by atoms with Crippen molar-refractivity contribution in [3.8, 4) is 0 Å². The minimum Gasteiger partial charge on any atom is -0.343 e. The Morgan fingerprint density at radius 3 is 3.09 bits per heavy atom. The first-order valence-electron chi connectivity index (χ1n) is 8.26. The largest absolute Gasteiger partial charge is 0.343 e. The molecule has 3 nitrogen and oxygen atoms in total. The van der Waals surface area contributed by atoms with Gasteiger partial charge in [0.2, 0.25) is 0 Å². The fourth-order valence-electron chi connectivity index (χ4n) is 3.81. The van der Waals surface area contributed by atoms with Gasteiger partial charge in [-0.1, -0.05) is 31.2 Å². The van der Waals surface area contributed by atoms with Crippen molar-refractivity contribution in [3.05, 3.63) is 47.8 Å². The van der Waals surface area contributed by atoms with Crippen LogP contribution in [0.2, 0.25) is 0 Å². The van der Waals surface area contributed by atoms with E-state index >= 15 is 0 Å². The first-order chi connectivity index (χ1) is 10.8. The normalized spacial score (nSPS) is 24.4. The number of fused-ring (bicyclic) bond motifs is 3. The SMILES string of the molecule is CC1(Cn2c3c(c4ccccc42)CNCCC3)C=NC=CC1. The van der Waals surface area contributed by atoms with Crippen molar-refractivity contribution in [1.29, 1.82) is 0 Å². The van der Waals surface area contributed by atoms with Crippen LogP contribution in [0.25, 0.3) is 10.9 Å². The van der Waals surface area contributed by atoms with E-state index in [4.69, 9.17) is 0 Å². The summed E-state index contributed by atoms with van der Waals surface area (Å²) >= 11 is 0. The molecule has 1 N–H and O–H groups in total. The zero-order valence-corrected chi connectivity index (χ0v) is 13.2. The van der Waals surface area contributed by atoms with E-state index in [0.29, 0.717) is 0 Å². The lowest BCUT2D eigenvalue weighted by Crippen LogP contribution is -2.26. The second-order valence-corrected chi connectivity index (χ2v) is 6.83. The Balaban J connectivity index is 1.84. The molecule has 4 rings (SSSR count). The van der Waals surface area contributed by atoms with Gasteiger partial charge in [-0.2, -0.15) is 0 Å². The van der Waals surface area contributed by atoms with Crippen LogP contribution in [0.1, 0.15) is 31.0 Å². The van der Waals surface area contributed by atoms with Crippen LogP contribution in [0.3, 0.4) is 0 Å². The lowest BCUT2D eigenvalue weighted by atomic mass is 9.86. The molecule has 0 spiro atoms. The Kier molecular flexibility index (Phi) is 3.38. The number of hydrogen-bond donors (Lipinski definition) is 1. The Hall–Kier alpha value is -1.87. The number of hydrogen-bond acceptors (Lipinski definition) is 2. The fraction of sp³-hybridized carbons (Fsp3) is 0.421. The molecule has 114 valence electrons. The maximum Gasteiger partial charge on any atom is 0.0486 e. The molecule has 1 aromatic heterocycles. The van der Waals surface area contributed by atoms with Crippen LogP contribution in [0.15, 0.2) is 41.5 Å². The number of benzene rings is 1. The Labute approximate surface area is 131 Å². The van der Waals surface area contributed by atoms with E-state index in [1.807, 2.05) is 6.20 Å². The summed E-state index contributed by atoms with van der Waals surface area (Å²) in [5.74, 6) is 0. The molecule has 3 heterocycles. The van der Waals surface area contributed by atoms with Crippen LogP contribution in [-0.2, 0) is 19.5 Å². The zero-order valence-electron chi connectivity index (χ0n) is 13.2. The van der Waals surface area contributed by atoms with Gasteiger partial charge in [0.25, 0.3) is 0 Å². The number of nitrogens with one attached hydrogen (secondary N) is 1. The van der Waals surface area contributed by atoms with Crippen molar-refractivity contribution in [2.75, 3.05) is 6.54 Å². The van der Waals surface area contributed by atoms with Gasteiger partial charge in [-0.25, -0.2) is 0 Å². The van der Waals surface area contributed by atoms with Crippen molar-refractivity contribution in [3.63, 3.8) is 0 Å². The number of allylic oxidation sites excluding steroid dienone is 1. The van der Waals surface area contributed by atoms with Gasteiger partial charge in [0.15, 0.2) is 0 Å². The third-order valence-electron chi connectivity index (χ3n) is 4.94. The van der Waals surface area contributed by atoms with Crippen LogP contribution < -0.4 is 5.32 Å². The van der Waals surface area contributed by atoms with Crippen LogP contribution in [0.4, 0.5) is 0 Å². The molecule has 3 heteroatoms. The maximum atomic E-state index is 4.39. The highest BCUT2D eigenvalue weighted by Crippen LogP contribution is 2.33. The van der Waals surface area contributed by atoms with Crippen molar-refractivity contribution in [1.82, 2.24) is 9.88 Å². The van der Waals surface area contributed by atoms with Gasteiger partial charge in [0.1, 0.15) is 0 Å². The second-order valence-electron chi connectivity index (χ2n) is 6.83. The topological polar surface area (TPSA) is 29.3 Å². The smallest absolute Gasteiger partial charge is 0.0486 e. The average molecular weight is 293 g/mol. The minimum absolute atomic E-state index is 0.115. The molecular formula is C19H23N3. The van der Waals surface area contributed by atoms with Crippen LogP contribution in [0, 0.1) is 5.41 Å².